The first-order valence-corrected chi connectivity index (χ1v) is 6.89. The summed E-state index contributed by atoms with van der Waals surface area (Å²) in [5.74, 6) is 1.36. The standard InChI is InChI=1S/C14H23N3O2/c1-4-7-14(11-18-2)8-5-10-17(14)13-15-9-6-12(16-13)19-3/h6,9H,4-5,7-8,10-11H2,1-3H3. The Morgan fingerprint density at radius 2 is 2.26 bits per heavy atom. The Labute approximate surface area is 115 Å². The highest BCUT2D eigenvalue weighted by Gasteiger charge is 2.41. The highest BCUT2D eigenvalue weighted by Crippen LogP contribution is 2.36. The van der Waals surface area contributed by atoms with Crippen molar-refractivity contribution in [2.75, 3.05) is 32.3 Å². The number of hydrogen-bond acceptors (Lipinski definition) is 5. The van der Waals surface area contributed by atoms with Gasteiger partial charge in [0.15, 0.2) is 0 Å². The van der Waals surface area contributed by atoms with Crippen molar-refractivity contribution in [2.45, 2.75) is 38.1 Å². The summed E-state index contributed by atoms with van der Waals surface area (Å²) in [4.78, 5) is 11.2. The molecule has 1 aromatic heterocycles. The van der Waals surface area contributed by atoms with Gasteiger partial charge in [0.25, 0.3) is 0 Å². The highest BCUT2D eigenvalue weighted by molar-refractivity contribution is 5.39. The molecule has 1 aliphatic heterocycles. The van der Waals surface area contributed by atoms with Gasteiger partial charge in [0.2, 0.25) is 11.8 Å². The molecular weight excluding hydrogens is 242 g/mol. The molecule has 1 fully saturated rings. The largest absolute Gasteiger partial charge is 0.481 e. The van der Waals surface area contributed by atoms with Gasteiger partial charge >= 0.3 is 0 Å². The summed E-state index contributed by atoms with van der Waals surface area (Å²) in [5.41, 5.74) is 0.0376. The van der Waals surface area contributed by atoms with E-state index in [9.17, 15) is 0 Å². The topological polar surface area (TPSA) is 47.5 Å². The smallest absolute Gasteiger partial charge is 0.229 e. The van der Waals surface area contributed by atoms with Crippen LogP contribution in [0, 0.1) is 0 Å². The molecule has 2 heterocycles. The average molecular weight is 265 g/mol. The van der Waals surface area contributed by atoms with Gasteiger partial charge in [0.05, 0.1) is 19.3 Å². The maximum atomic E-state index is 5.46. The van der Waals surface area contributed by atoms with Crippen LogP contribution < -0.4 is 9.64 Å². The van der Waals surface area contributed by atoms with Gasteiger partial charge in [-0.25, -0.2) is 4.98 Å². The summed E-state index contributed by atoms with van der Waals surface area (Å²) in [6.45, 7) is 3.91. The second kappa shape index (κ2) is 6.19. The average Bonchev–Trinajstić information content (AvgIpc) is 2.83. The van der Waals surface area contributed by atoms with E-state index in [2.05, 4.69) is 21.8 Å². The van der Waals surface area contributed by atoms with E-state index >= 15 is 0 Å². The van der Waals surface area contributed by atoms with E-state index in [1.807, 2.05) is 0 Å². The van der Waals surface area contributed by atoms with Crippen LogP contribution in [0.25, 0.3) is 0 Å². The molecule has 5 heteroatoms. The normalized spacial score (nSPS) is 22.8. The number of methoxy groups -OCH3 is 2. The Morgan fingerprint density at radius 3 is 2.95 bits per heavy atom. The molecule has 0 bridgehead atoms. The minimum absolute atomic E-state index is 0.0376. The SMILES string of the molecule is CCCC1(COC)CCCN1c1nccc(OC)n1. The van der Waals surface area contributed by atoms with E-state index in [4.69, 9.17) is 9.47 Å². The first kappa shape index (κ1) is 14.1. The fourth-order valence-electron chi connectivity index (χ4n) is 3.04. The lowest BCUT2D eigenvalue weighted by Crippen LogP contribution is -2.48. The Kier molecular flexibility index (Phi) is 4.58. The van der Waals surface area contributed by atoms with E-state index in [1.165, 1.54) is 0 Å². The molecule has 1 aromatic rings. The van der Waals surface area contributed by atoms with Crippen LogP contribution in [0.3, 0.4) is 0 Å². The number of rotatable bonds is 6. The van der Waals surface area contributed by atoms with E-state index < -0.39 is 0 Å². The molecule has 2 rings (SSSR count). The van der Waals surface area contributed by atoms with Gasteiger partial charge in [0.1, 0.15) is 0 Å². The van der Waals surface area contributed by atoms with Gasteiger partial charge in [-0.15, -0.1) is 0 Å². The highest BCUT2D eigenvalue weighted by atomic mass is 16.5. The molecule has 1 aliphatic rings. The Bertz CT molecular complexity index is 405. The molecule has 106 valence electrons. The van der Waals surface area contributed by atoms with Crippen LogP contribution in [-0.4, -0.2) is 42.9 Å². The molecule has 0 saturated carbocycles. The Hall–Kier alpha value is -1.36. The van der Waals surface area contributed by atoms with Gasteiger partial charge in [-0.1, -0.05) is 13.3 Å². The zero-order valence-corrected chi connectivity index (χ0v) is 12.1. The van der Waals surface area contributed by atoms with Crippen molar-refractivity contribution in [3.63, 3.8) is 0 Å². The fourth-order valence-corrected chi connectivity index (χ4v) is 3.04. The van der Waals surface area contributed by atoms with Crippen molar-refractivity contribution in [1.82, 2.24) is 9.97 Å². The third kappa shape index (κ3) is 2.81. The van der Waals surface area contributed by atoms with Gasteiger partial charge in [-0.2, -0.15) is 4.98 Å². The predicted molar refractivity (Wildman–Crippen MR) is 74.7 cm³/mol. The molecule has 19 heavy (non-hydrogen) atoms. The summed E-state index contributed by atoms with van der Waals surface area (Å²) in [6.07, 6.45) is 6.27. The summed E-state index contributed by atoms with van der Waals surface area (Å²) >= 11 is 0. The van der Waals surface area contributed by atoms with Gasteiger partial charge < -0.3 is 14.4 Å². The number of hydrogen-bond donors (Lipinski definition) is 0. The minimum atomic E-state index is 0.0376. The van der Waals surface area contributed by atoms with E-state index in [0.29, 0.717) is 5.88 Å². The summed E-state index contributed by atoms with van der Waals surface area (Å²) in [6, 6.07) is 1.78. The molecule has 0 radical (unpaired) electrons. The molecule has 0 aromatic carbocycles. The Morgan fingerprint density at radius 1 is 1.42 bits per heavy atom. The number of anilines is 1. The van der Waals surface area contributed by atoms with Crippen LogP contribution in [-0.2, 0) is 4.74 Å². The van der Waals surface area contributed by atoms with Crippen LogP contribution in [0.15, 0.2) is 12.3 Å². The molecule has 0 N–H and O–H groups in total. The van der Waals surface area contributed by atoms with Crippen molar-refractivity contribution in [3.8, 4) is 5.88 Å². The van der Waals surface area contributed by atoms with Crippen LogP contribution in [0.2, 0.25) is 0 Å². The van der Waals surface area contributed by atoms with Crippen molar-refractivity contribution in [3.05, 3.63) is 12.3 Å². The van der Waals surface area contributed by atoms with Crippen LogP contribution in [0.4, 0.5) is 5.95 Å². The van der Waals surface area contributed by atoms with Crippen molar-refractivity contribution >= 4 is 5.95 Å². The van der Waals surface area contributed by atoms with E-state index in [-0.39, 0.29) is 5.54 Å². The summed E-state index contributed by atoms with van der Waals surface area (Å²) in [7, 11) is 3.39. The van der Waals surface area contributed by atoms with Crippen LogP contribution >= 0.6 is 0 Å². The second-order valence-corrected chi connectivity index (χ2v) is 5.06. The third-order valence-electron chi connectivity index (χ3n) is 3.79. The maximum Gasteiger partial charge on any atom is 0.229 e. The van der Waals surface area contributed by atoms with Crippen molar-refractivity contribution < 1.29 is 9.47 Å². The van der Waals surface area contributed by atoms with Crippen molar-refractivity contribution in [1.29, 1.82) is 0 Å². The zero-order valence-electron chi connectivity index (χ0n) is 12.1. The third-order valence-corrected chi connectivity index (χ3v) is 3.79. The lowest BCUT2D eigenvalue weighted by molar-refractivity contribution is 0.127. The second-order valence-electron chi connectivity index (χ2n) is 5.06. The lowest BCUT2D eigenvalue weighted by atomic mass is 9.91. The van der Waals surface area contributed by atoms with Gasteiger partial charge in [-0.3, -0.25) is 0 Å². The molecule has 1 atom stereocenters. The number of aromatic nitrogens is 2. The van der Waals surface area contributed by atoms with E-state index in [1.54, 1.807) is 26.5 Å². The predicted octanol–water partition coefficient (Wildman–Crippen LogP) is 2.27. The zero-order chi connectivity index (χ0) is 13.7. The molecular formula is C14H23N3O2. The number of ether oxygens (including phenoxy) is 2. The molecule has 1 unspecified atom stereocenters. The molecule has 0 amide bonds. The Balaban J connectivity index is 2.29. The quantitative estimate of drug-likeness (QED) is 0.789. The van der Waals surface area contributed by atoms with Crippen LogP contribution in [0.1, 0.15) is 32.6 Å². The van der Waals surface area contributed by atoms with Crippen molar-refractivity contribution in [2.24, 2.45) is 0 Å². The molecule has 0 spiro atoms. The summed E-state index contributed by atoms with van der Waals surface area (Å²) in [5, 5.41) is 0. The minimum Gasteiger partial charge on any atom is -0.481 e. The van der Waals surface area contributed by atoms with E-state index in [0.717, 1.165) is 44.8 Å². The van der Waals surface area contributed by atoms with Crippen LogP contribution in [0.5, 0.6) is 5.88 Å². The first-order chi connectivity index (χ1) is 9.25. The first-order valence-electron chi connectivity index (χ1n) is 6.89. The fraction of sp³-hybridized carbons (Fsp3) is 0.714. The lowest BCUT2D eigenvalue weighted by Gasteiger charge is -2.38. The molecule has 1 saturated heterocycles. The molecule has 5 nitrogen and oxygen atoms in total. The van der Waals surface area contributed by atoms with Gasteiger partial charge in [0, 0.05) is 25.9 Å². The van der Waals surface area contributed by atoms with Gasteiger partial charge in [-0.05, 0) is 19.3 Å². The molecule has 0 aliphatic carbocycles. The summed E-state index contributed by atoms with van der Waals surface area (Å²) < 4.78 is 10.7. The maximum absolute atomic E-state index is 5.46. The number of nitrogens with zero attached hydrogens (tertiary/aromatic N) is 3. The monoisotopic (exact) mass is 265 g/mol.